The number of nitrogens with zero attached hydrogens (tertiary/aromatic N) is 2. The minimum Gasteiger partial charge on any atom is -0.253 e. The molecule has 52 valence electrons. The van der Waals surface area contributed by atoms with Crippen molar-refractivity contribution in [3.8, 4) is 0 Å². The van der Waals surface area contributed by atoms with Gasteiger partial charge in [0.25, 0.3) is 0 Å². The molecule has 0 N–H and O–H groups in total. The first-order valence-electron chi connectivity index (χ1n) is 2.64. The molecule has 0 aliphatic carbocycles. The second-order valence-electron chi connectivity index (χ2n) is 1.35. The van der Waals surface area contributed by atoms with Crippen LogP contribution >= 0.6 is 22.7 Å². The first kappa shape index (κ1) is 7.37. The highest BCUT2D eigenvalue weighted by molar-refractivity contribution is 7.07. The highest BCUT2D eigenvalue weighted by Crippen LogP contribution is 1.86. The minimum absolute atomic E-state index is 1.60. The van der Waals surface area contributed by atoms with E-state index in [1.165, 1.54) is 0 Å². The van der Waals surface area contributed by atoms with Crippen molar-refractivity contribution in [2.75, 3.05) is 0 Å². The van der Waals surface area contributed by atoms with Crippen molar-refractivity contribution in [3.63, 3.8) is 0 Å². The van der Waals surface area contributed by atoms with Crippen LogP contribution in [0.5, 0.6) is 0 Å². The summed E-state index contributed by atoms with van der Waals surface area (Å²) in [4.78, 5) is 7.48. The van der Waals surface area contributed by atoms with Crippen molar-refractivity contribution in [1.29, 1.82) is 0 Å². The van der Waals surface area contributed by atoms with Crippen molar-refractivity contribution >= 4 is 22.7 Å². The third-order valence-corrected chi connectivity index (χ3v) is 1.74. The summed E-state index contributed by atoms with van der Waals surface area (Å²) in [6.45, 7) is 0. The van der Waals surface area contributed by atoms with Gasteiger partial charge in [0.2, 0.25) is 0 Å². The lowest BCUT2D eigenvalue weighted by molar-refractivity contribution is 1.43. The van der Waals surface area contributed by atoms with Gasteiger partial charge in [0.1, 0.15) is 0 Å². The molecule has 0 amide bonds. The molecule has 2 aromatic heterocycles. The van der Waals surface area contributed by atoms with Gasteiger partial charge in [-0.3, -0.25) is 9.97 Å². The number of rotatable bonds is 0. The molecule has 10 heavy (non-hydrogen) atoms. The van der Waals surface area contributed by atoms with E-state index < -0.39 is 0 Å². The Morgan fingerprint density at radius 1 is 0.800 bits per heavy atom. The highest BCUT2D eigenvalue weighted by Gasteiger charge is 1.59. The molecule has 2 rings (SSSR count). The van der Waals surface area contributed by atoms with Crippen LogP contribution in [0, 0.1) is 0 Å². The van der Waals surface area contributed by atoms with E-state index in [4.69, 9.17) is 0 Å². The van der Waals surface area contributed by atoms with Crippen LogP contribution < -0.4 is 0 Å². The maximum atomic E-state index is 3.74. The van der Waals surface area contributed by atoms with Gasteiger partial charge in [-0.1, -0.05) is 0 Å². The topological polar surface area (TPSA) is 25.8 Å². The Morgan fingerprint density at radius 2 is 1.30 bits per heavy atom. The molecule has 0 aromatic carbocycles. The van der Waals surface area contributed by atoms with Crippen LogP contribution in [0.3, 0.4) is 0 Å². The van der Waals surface area contributed by atoms with Crippen LogP contribution in [0.25, 0.3) is 0 Å². The molecule has 0 radical (unpaired) electrons. The van der Waals surface area contributed by atoms with Gasteiger partial charge in [-0.25, -0.2) is 0 Å². The fourth-order valence-electron chi connectivity index (χ4n) is 0.351. The molecule has 0 spiro atoms. The van der Waals surface area contributed by atoms with Gasteiger partial charge in [0.05, 0.1) is 11.0 Å². The van der Waals surface area contributed by atoms with Crippen molar-refractivity contribution < 1.29 is 0 Å². The third-order valence-electron chi connectivity index (χ3n) is 0.694. The predicted molar refractivity (Wildman–Crippen MR) is 44.2 cm³/mol. The van der Waals surface area contributed by atoms with Crippen molar-refractivity contribution in [2.45, 2.75) is 0 Å². The summed E-state index contributed by atoms with van der Waals surface area (Å²) in [6, 6.07) is 0. The van der Waals surface area contributed by atoms with Gasteiger partial charge in [0, 0.05) is 23.2 Å². The Kier molecular flexibility index (Phi) is 3.74. The summed E-state index contributed by atoms with van der Waals surface area (Å²) >= 11 is 3.20. The molecule has 0 aliphatic heterocycles. The van der Waals surface area contributed by atoms with Gasteiger partial charge < -0.3 is 0 Å². The van der Waals surface area contributed by atoms with Gasteiger partial charge in [-0.15, -0.1) is 22.7 Å². The fraction of sp³-hybridized carbons (Fsp3) is 0. The molecular weight excluding hydrogens is 164 g/mol. The highest BCUT2D eigenvalue weighted by atomic mass is 32.1. The van der Waals surface area contributed by atoms with E-state index in [2.05, 4.69) is 9.97 Å². The van der Waals surface area contributed by atoms with Gasteiger partial charge in [0.15, 0.2) is 0 Å². The zero-order chi connectivity index (χ0) is 7.07. The van der Waals surface area contributed by atoms with Gasteiger partial charge in [-0.2, -0.15) is 0 Å². The number of hydrogen-bond donors (Lipinski definition) is 0. The van der Waals surface area contributed by atoms with Crippen LogP contribution in [0.4, 0.5) is 0 Å². The molecule has 2 heterocycles. The average Bonchev–Trinajstić information content (AvgIpc) is 2.67. The lowest BCUT2D eigenvalue weighted by Gasteiger charge is -1.41. The zero-order valence-electron chi connectivity index (χ0n) is 5.18. The molecular formula is C6H6N2S2. The molecule has 0 unspecified atom stereocenters. The standard InChI is InChI=1S/2C3H3NS/c2*1-2-5-3-4-1/h2*1-3H. The molecule has 0 saturated carbocycles. The fourth-order valence-corrected chi connectivity index (χ4v) is 1.05. The van der Waals surface area contributed by atoms with Crippen LogP contribution in [0.15, 0.2) is 34.2 Å². The van der Waals surface area contributed by atoms with E-state index in [0.29, 0.717) is 0 Å². The summed E-state index contributed by atoms with van der Waals surface area (Å²) in [6.07, 6.45) is 3.54. The van der Waals surface area contributed by atoms with E-state index in [-0.39, 0.29) is 0 Å². The minimum atomic E-state index is 1.60. The quantitative estimate of drug-likeness (QED) is 0.606. The molecule has 2 nitrogen and oxygen atoms in total. The first-order chi connectivity index (χ1) is 5.00. The molecule has 2 aromatic rings. The second kappa shape index (κ2) is 5.08. The van der Waals surface area contributed by atoms with Crippen LogP contribution in [0.2, 0.25) is 0 Å². The molecule has 0 fully saturated rings. The summed E-state index contributed by atoms with van der Waals surface area (Å²) in [5, 5.41) is 3.86. The monoisotopic (exact) mass is 170 g/mol. The van der Waals surface area contributed by atoms with E-state index in [1.54, 1.807) is 46.1 Å². The predicted octanol–water partition coefficient (Wildman–Crippen LogP) is 2.29. The average molecular weight is 170 g/mol. The maximum Gasteiger partial charge on any atom is 0.0791 e. The van der Waals surface area contributed by atoms with Crippen LogP contribution in [-0.4, -0.2) is 9.97 Å². The summed E-state index contributed by atoms with van der Waals surface area (Å²) < 4.78 is 0. The van der Waals surface area contributed by atoms with Gasteiger partial charge >= 0.3 is 0 Å². The van der Waals surface area contributed by atoms with E-state index in [0.717, 1.165) is 0 Å². The van der Waals surface area contributed by atoms with E-state index in [9.17, 15) is 0 Å². The Balaban J connectivity index is 0.0000001000. The molecule has 0 aliphatic rings. The first-order valence-corrected chi connectivity index (χ1v) is 4.53. The van der Waals surface area contributed by atoms with Crippen LogP contribution in [-0.2, 0) is 0 Å². The van der Waals surface area contributed by atoms with Crippen molar-refractivity contribution in [3.05, 3.63) is 34.2 Å². The second-order valence-corrected chi connectivity index (χ2v) is 2.86. The maximum absolute atomic E-state index is 3.74. The zero-order valence-corrected chi connectivity index (χ0v) is 6.81. The summed E-state index contributed by atoms with van der Waals surface area (Å²) in [7, 11) is 0. The molecule has 0 atom stereocenters. The number of aromatic nitrogens is 2. The normalized spacial score (nSPS) is 8.00. The molecule has 0 saturated heterocycles. The molecule has 4 heteroatoms. The van der Waals surface area contributed by atoms with Crippen LogP contribution in [0.1, 0.15) is 0 Å². The van der Waals surface area contributed by atoms with Gasteiger partial charge in [-0.05, 0) is 0 Å². The van der Waals surface area contributed by atoms with E-state index in [1.807, 2.05) is 10.8 Å². The Morgan fingerprint density at radius 3 is 1.40 bits per heavy atom. The lowest BCUT2D eigenvalue weighted by Crippen LogP contribution is -1.38. The van der Waals surface area contributed by atoms with Crippen molar-refractivity contribution in [2.24, 2.45) is 0 Å². The Hall–Kier alpha value is -0.740. The summed E-state index contributed by atoms with van der Waals surface area (Å²) in [5.41, 5.74) is 3.58. The van der Waals surface area contributed by atoms with Crippen molar-refractivity contribution in [1.82, 2.24) is 9.97 Å². The largest absolute Gasteiger partial charge is 0.253 e. The Labute approximate surface area is 67.2 Å². The number of hydrogen-bond acceptors (Lipinski definition) is 4. The lowest BCUT2D eigenvalue weighted by atomic mass is 11.0. The Bertz CT molecular complexity index is 153. The smallest absolute Gasteiger partial charge is 0.0791 e. The molecule has 0 bridgehead atoms. The summed E-state index contributed by atoms with van der Waals surface area (Å²) in [5.74, 6) is 0. The third kappa shape index (κ3) is 3.32. The van der Waals surface area contributed by atoms with E-state index >= 15 is 0 Å². The SMILES string of the molecule is c1cscn1.c1cscn1. The number of thiazole rings is 2.